The van der Waals surface area contributed by atoms with E-state index in [9.17, 15) is 23.5 Å². The molecule has 0 unspecified atom stereocenters. The van der Waals surface area contributed by atoms with Crippen molar-refractivity contribution in [1.29, 1.82) is 5.26 Å². The summed E-state index contributed by atoms with van der Waals surface area (Å²) in [6, 6.07) is 11.4. The summed E-state index contributed by atoms with van der Waals surface area (Å²) in [6.07, 6.45) is -4.48. The number of alkyl halides is 3. The first kappa shape index (κ1) is 17.3. The second-order valence-electron chi connectivity index (χ2n) is 5.01. The van der Waals surface area contributed by atoms with Gasteiger partial charge in [0.1, 0.15) is 22.4 Å². The number of aliphatic hydroxyl groups is 1. The van der Waals surface area contributed by atoms with Crippen molar-refractivity contribution in [3.63, 3.8) is 0 Å². The summed E-state index contributed by atoms with van der Waals surface area (Å²) < 4.78 is 38.9. The van der Waals surface area contributed by atoms with Crippen LogP contribution < -0.4 is 0 Å². The van der Waals surface area contributed by atoms with Crippen LogP contribution in [0.1, 0.15) is 16.1 Å². The summed E-state index contributed by atoms with van der Waals surface area (Å²) in [7, 11) is 0. The Bertz CT molecular complexity index is 1030. The molecule has 25 heavy (non-hydrogen) atoms. The molecule has 2 aromatic carbocycles. The summed E-state index contributed by atoms with van der Waals surface area (Å²) in [4.78, 5) is 4.07. The fourth-order valence-corrected chi connectivity index (χ4v) is 3.37. The summed E-state index contributed by atoms with van der Waals surface area (Å²) >= 11 is 7.03. The monoisotopic (exact) mass is 380 g/mol. The molecule has 0 radical (unpaired) electrons. The zero-order chi connectivity index (χ0) is 18.2. The standard InChI is InChI=1S/C17H8ClF3N2OS/c18-12-4-2-1-3-10(12)15(24)11(8-22)16-23-13-7-9(17(19,20)21)5-6-14(13)25-16/h1-7,24H/b15-11-. The van der Waals surface area contributed by atoms with Gasteiger partial charge in [-0.2, -0.15) is 18.4 Å². The lowest BCUT2D eigenvalue weighted by Gasteiger charge is -2.05. The van der Waals surface area contributed by atoms with Gasteiger partial charge in [-0.05, 0) is 30.3 Å². The maximum atomic E-state index is 12.8. The number of fused-ring (bicyclic) bond motifs is 1. The predicted octanol–water partition coefficient (Wildman–Crippen LogP) is 5.92. The van der Waals surface area contributed by atoms with Crippen LogP contribution in [0.3, 0.4) is 0 Å². The number of rotatable bonds is 2. The van der Waals surface area contributed by atoms with Crippen molar-refractivity contribution in [3.8, 4) is 6.07 Å². The maximum absolute atomic E-state index is 12.8. The van der Waals surface area contributed by atoms with Gasteiger partial charge in [0.25, 0.3) is 0 Å². The lowest BCUT2D eigenvalue weighted by Crippen LogP contribution is -2.03. The molecule has 0 bridgehead atoms. The Labute approximate surface area is 149 Å². The van der Waals surface area contributed by atoms with E-state index in [1.807, 2.05) is 6.07 Å². The minimum atomic E-state index is -4.48. The molecule has 3 rings (SSSR count). The second kappa shape index (κ2) is 6.39. The molecule has 0 spiro atoms. The molecule has 0 fully saturated rings. The first-order chi connectivity index (χ1) is 11.8. The van der Waals surface area contributed by atoms with Crippen molar-refractivity contribution >= 4 is 44.5 Å². The molecular weight excluding hydrogens is 373 g/mol. The lowest BCUT2D eigenvalue weighted by molar-refractivity contribution is -0.137. The van der Waals surface area contributed by atoms with Crippen LogP contribution in [0.4, 0.5) is 13.2 Å². The number of hydrogen-bond acceptors (Lipinski definition) is 4. The van der Waals surface area contributed by atoms with Crippen molar-refractivity contribution in [3.05, 3.63) is 63.6 Å². The highest BCUT2D eigenvalue weighted by Crippen LogP contribution is 2.36. The van der Waals surface area contributed by atoms with Gasteiger partial charge < -0.3 is 5.11 Å². The molecule has 1 N–H and O–H groups in total. The van der Waals surface area contributed by atoms with E-state index in [1.54, 1.807) is 18.2 Å². The fraction of sp³-hybridized carbons (Fsp3) is 0.0588. The van der Waals surface area contributed by atoms with Crippen LogP contribution >= 0.6 is 22.9 Å². The van der Waals surface area contributed by atoms with E-state index in [-0.39, 0.29) is 32.4 Å². The molecule has 0 aliphatic carbocycles. The highest BCUT2D eigenvalue weighted by Gasteiger charge is 2.31. The Morgan fingerprint density at radius 3 is 2.56 bits per heavy atom. The number of thiazole rings is 1. The van der Waals surface area contributed by atoms with Crippen molar-refractivity contribution < 1.29 is 18.3 Å². The molecule has 0 atom stereocenters. The molecule has 3 aromatic rings. The number of aliphatic hydroxyl groups excluding tert-OH is 1. The van der Waals surface area contributed by atoms with Gasteiger partial charge in [-0.25, -0.2) is 4.98 Å². The van der Waals surface area contributed by atoms with Crippen LogP contribution in [0.25, 0.3) is 21.5 Å². The quantitative estimate of drug-likeness (QED) is 0.443. The smallest absolute Gasteiger partial charge is 0.416 e. The summed E-state index contributed by atoms with van der Waals surface area (Å²) in [5.74, 6) is -0.372. The van der Waals surface area contributed by atoms with Crippen LogP contribution in [-0.2, 0) is 6.18 Å². The van der Waals surface area contributed by atoms with Gasteiger partial charge in [0.05, 0.1) is 20.8 Å². The third-order valence-corrected chi connectivity index (χ3v) is 4.79. The fourth-order valence-electron chi connectivity index (χ4n) is 2.20. The maximum Gasteiger partial charge on any atom is 0.416 e. The van der Waals surface area contributed by atoms with E-state index in [0.717, 1.165) is 23.5 Å². The van der Waals surface area contributed by atoms with Crippen molar-refractivity contribution in [2.24, 2.45) is 0 Å². The molecule has 0 saturated carbocycles. The van der Waals surface area contributed by atoms with Crippen molar-refractivity contribution in [1.82, 2.24) is 4.98 Å². The highest BCUT2D eigenvalue weighted by molar-refractivity contribution is 7.19. The van der Waals surface area contributed by atoms with Crippen molar-refractivity contribution in [2.45, 2.75) is 6.18 Å². The van der Waals surface area contributed by atoms with Crippen LogP contribution in [0.5, 0.6) is 0 Å². The Balaban J connectivity index is 2.15. The van der Waals surface area contributed by atoms with Gasteiger partial charge in [0.15, 0.2) is 0 Å². The first-order valence-corrected chi connectivity index (χ1v) is 8.07. The Kier molecular flexibility index (Phi) is 4.41. The van der Waals surface area contributed by atoms with E-state index in [1.165, 1.54) is 12.1 Å². The Morgan fingerprint density at radius 2 is 1.92 bits per heavy atom. The van der Waals surface area contributed by atoms with Crippen LogP contribution in [0.2, 0.25) is 5.02 Å². The Hall–Kier alpha value is -2.56. The molecular formula is C17H8ClF3N2OS. The zero-order valence-corrected chi connectivity index (χ0v) is 13.9. The van der Waals surface area contributed by atoms with Gasteiger partial charge in [-0.1, -0.05) is 23.7 Å². The molecule has 0 saturated heterocycles. The summed E-state index contributed by atoms with van der Waals surface area (Å²) in [5.41, 5.74) is -0.622. The average molecular weight is 381 g/mol. The molecule has 0 aliphatic rings. The zero-order valence-electron chi connectivity index (χ0n) is 12.3. The molecule has 8 heteroatoms. The van der Waals surface area contributed by atoms with Gasteiger partial charge in [0, 0.05) is 5.56 Å². The molecule has 3 nitrogen and oxygen atoms in total. The number of nitriles is 1. The number of halogens is 4. The van der Waals surface area contributed by atoms with Gasteiger partial charge in [-0.3, -0.25) is 0 Å². The van der Waals surface area contributed by atoms with E-state index < -0.39 is 11.7 Å². The number of aromatic nitrogens is 1. The number of benzene rings is 2. The molecule has 1 heterocycles. The van der Waals surface area contributed by atoms with E-state index >= 15 is 0 Å². The number of hydrogen-bond donors (Lipinski definition) is 1. The number of allylic oxidation sites excluding steroid dienone is 1. The average Bonchev–Trinajstić information content (AvgIpc) is 2.97. The van der Waals surface area contributed by atoms with Gasteiger partial charge in [0.2, 0.25) is 0 Å². The molecule has 126 valence electrons. The van der Waals surface area contributed by atoms with Crippen LogP contribution in [0.15, 0.2) is 42.5 Å². The molecule has 0 aliphatic heterocycles. The van der Waals surface area contributed by atoms with Crippen LogP contribution in [0, 0.1) is 11.3 Å². The van der Waals surface area contributed by atoms with E-state index in [0.29, 0.717) is 4.70 Å². The first-order valence-electron chi connectivity index (χ1n) is 6.87. The van der Waals surface area contributed by atoms with E-state index in [4.69, 9.17) is 11.6 Å². The SMILES string of the molecule is N#C/C(=C(/O)c1ccccc1Cl)c1nc2cc(C(F)(F)F)ccc2s1. The minimum Gasteiger partial charge on any atom is -0.506 e. The predicted molar refractivity (Wildman–Crippen MR) is 91.1 cm³/mol. The molecule has 1 aromatic heterocycles. The van der Waals surface area contributed by atoms with Crippen LogP contribution in [-0.4, -0.2) is 10.1 Å². The van der Waals surface area contributed by atoms with Crippen molar-refractivity contribution in [2.75, 3.05) is 0 Å². The van der Waals surface area contributed by atoms with E-state index in [2.05, 4.69) is 4.98 Å². The normalized spacial score (nSPS) is 12.8. The van der Waals surface area contributed by atoms with Gasteiger partial charge >= 0.3 is 6.18 Å². The summed E-state index contributed by atoms with van der Waals surface area (Å²) in [5, 5.41) is 20.1. The lowest BCUT2D eigenvalue weighted by atomic mass is 10.1. The summed E-state index contributed by atoms with van der Waals surface area (Å²) in [6.45, 7) is 0. The minimum absolute atomic E-state index is 0.106. The Morgan fingerprint density at radius 1 is 1.20 bits per heavy atom. The topological polar surface area (TPSA) is 56.9 Å². The number of nitrogens with zero attached hydrogens (tertiary/aromatic N) is 2. The molecule has 0 amide bonds. The third-order valence-electron chi connectivity index (χ3n) is 3.41. The van der Waals surface area contributed by atoms with Gasteiger partial charge in [-0.15, -0.1) is 11.3 Å². The highest BCUT2D eigenvalue weighted by atomic mass is 35.5. The third kappa shape index (κ3) is 3.31. The second-order valence-corrected chi connectivity index (χ2v) is 6.45. The largest absolute Gasteiger partial charge is 0.506 e.